The summed E-state index contributed by atoms with van der Waals surface area (Å²) in [6.07, 6.45) is 0. The molecule has 5 nitrogen and oxygen atoms in total. The Kier molecular flexibility index (Phi) is 6.73. The van der Waals surface area contributed by atoms with Crippen molar-refractivity contribution in [3.05, 3.63) is 72.3 Å². The van der Waals surface area contributed by atoms with Gasteiger partial charge in [0, 0.05) is 26.3 Å². The quantitative estimate of drug-likeness (QED) is 0.636. The van der Waals surface area contributed by atoms with Crippen LogP contribution >= 0.6 is 0 Å². The van der Waals surface area contributed by atoms with Gasteiger partial charge in [-0.25, -0.2) is 0 Å². The van der Waals surface area contributed by atoms with E-state index in [4.69, 9.17) is 4.74 Å². The maximum Gasteiger partial charge on any atom is 0.258 e. The summed E-state index contributed by atoms with van der Waals surface area (Å²) in [5, 5.41) is 5.24. The van der Waals surface area contributed by atoms with Gasteiger partial charge in [-0.2, -0.15) is 0 Å². The lowest BCUT2D eigenvalue weighted by Crippen LogP contribution is -2.36. The number of ether oxygens (including phenoxy) is 1. The van der Waals surface area contributed by atoms with E-state index in [-0.39, 0.29) is 18.6 Å². The lowest BCUT2D eigenvalue weighted by molar-refractivity contribution is -0.123. The number of fused-ring (bicyclic) bond motifs is 1. The van der Waals surface area contributed by atoms with Crippen LogP contribution in [0.15, 0.2) is 66.7 Å². The summed E-state index contributed by atoms with van der Waals surface area (Å²) >= 11 is 0. The fourth-order valence-corrected chi connectivity index (χ4v) is 3.26. The first-order chi connectivity index (χ1) is 13.9. The number of hydrogen-bond donors (Lipinski definition) is 1. The fourth-order valence-electron chi connectivity index (χ4n) is 3.26. The molecule has 3 rings (SSSR count). The monoisotopic (exact) mass is 391 g/mol. The number of nitrogens with one attached hydrogen (secondary N) is 1. The Morgan fingerprint density at radius 1 is 0.931 bits per heavy atom. The third-order valence-electron chi connectivity index (χ3n) is 5.00. The fraction of sp³-hybridized carbons (Fsp3) is 0.292. The number of benzene rings is 3. The van der Waals surface area contributed by atoms with Crippen molar-refractivity contribution in [1.29, 1.82) is 0 Å². The maximum atomic E-state index is 12.3. The molecule has 5 heteroatoms. The zero-order valence-electron chi connectivity index (χ0n) is 17.6. The van der Waals surface area contributed by atoms with E-state index in [0.717, 1.165) is 22.0 Å². The van der Waals surface area contributed by atoms with E-state index in [1.54, 1.807) is 0 Å². The summed E-state index contributed by atoms with van der Waals surface area (Å²) in [6.45, 7) is 0.520. The highest BCUT2D eigenvalue weighted by Crippen LogP contribution is 2.22. The number of carbonyl (C=O) groups is 1. The number of amides is 1. The van der Waals surface area contributed by atoms with E-state index in [9.17, 15) is 4.79 Å². The van der Waals surface area contributed by atoms with Gasteiger partial charge in [-0.05, 0) is 54.7 Å². The Morgan fingerprint density at radius 2 is 1.62 bits per heavy atom. The maximum absolute atomic E-state index is 12.3. The second kappa shape index (κ2) is 9.43. The zero-order valence-corrected chi connectivity index (χ0v) is 17.6. The molecule has 0 aliphatic heterocycles. The molecule has 0 aliphatic rings. The molecule has 0 aromatic heterocycles. The molecule has 0 radical (unpaired) electrons. The highest BCUT2D eigenvalue weighted by molar-refractivity contribution is 5.84. The lowest BCUT2D eigenvalue weighted by Gasteiger charge is -2.25. The van der Waals surface area contributed by atoms with E-state index in [1.807, 2.05) is 64.6 Å². The van der Waals surface area contributed by atoms with Crippen molar-refractivity contribution in [2.24, 2.45) is 0 Å². The van der Waals surface area contributed by atoms with Crippen LogP contribution in [0.5, 0.6) is 5.75 Å². The van der Waals surface area contributed by atoms with Gasteiger partial charge in [-0.1, -0.05) is 42.5 Å². The van der Waals surface area contributed by atoms with Crippen LogP contribution in [0.2, 0.25) is 0 Å². The smallest absolute Gasteiger partial charge is 0.258 e. The summed E-state index contributed by atoms with van der Waals surface area (Å²) in [5.41, 5.74) is 2.32. The second-order valence-electron chi connectivity index (χ2n) is 7.57. The largest absolute Gasteiger partial charge is 0.484 e. The SMILES string of the molecule is CN(C)c1ccc([C@H](CNC(=O)COc2ccc3ccccc3c2)N(C)C)cc1. The molecule has 29 heavy (non-hydrogen) atoms. The molecular formula is C24H29N3O2. The van der Waals surface area contributed by atoms with E-state index >= 15 is 0 Å². The summed E-state index contributed by atoms with van der Waals surface area (Å²) in [5.74, 6) is 0.567. The van der Waals surface area contributed by atoms with Crippen molar-refractivity contribution in [2.75, 3.05) is 46.2 Å². The first kappa shape index (κ1) is 20.7. The van der Waals surface area contributed by atoms with Crippen molar-refractivity contribution in [1.82, 2.24) is 10.2 Å². The van der Waals surface area contributed by atoms with Gasteiger partial charge < -0.3 is 19.9 Å². The summed E-state index contributed by atoms with van der Waals surface area (Å²) in [6, 6.07) is 22.4. The van der Waals surface area contributed by atoms with Gasteiger partial charge >= 0.3 is 0 Å². The second-order valence-corrected chi connectivity index (χ2v) is 7.57. The Hall–Kier alpha value is -3.05. The van der Waals surface area contributed by atoms with Crippen molar-refractivity contribution < 1.29 is 9.53 Å². The van der Waals surface area contributed by atoms with Crippen LogP contribution in [0.25, 0.3) is 10.8 Å². The van der Waals surface area contributed by atoms with Crippen LogP contribution in [0.3, 0.4) is 0 Å². The molecule has 152 valence electrons. The molecule has 0 fully saturated rings. The van der Waals surface area contributed by atoms with Crippen molar-refractivity contribution in [2.45, 2.75) is 6.04 Å². The topological polar surface area (TPSA) is 44.8 Å². The van der Waals surface area contributed by atoms with Gasteiger partial charge in [-0.3, -0.25) is 4.79 Å². The summed E-state index contributed by atoms with van der Waals surface area (Å²) in [4.78, 5) is 16.5. The van der Waals surface area contributed by atoms with Crippen LogP contribution < -0.4 is 15.0 Å². The average molecular weight is 392 g/mol. The number of hydrogen-bond acceptors (Lipinski definition) is 4. The van der Waals surface area contributed by atoms with Crippen LogP contribution in [0.4, 0.5) is 5.69 Å². The molecule has 0 saturated carbocycles. The van der Waals surface area contributed by atoms with Gasteiger partial charge in [0.15, 0.2) is 6.61 Å². The minimum absolute atomic E-state index is 0.00193. The molecule has 1 N–H and O–H groups in total. The van der Waals surface area contributed by atoms with E-state index in [2.05, 4.69) is 45.4 Å². The molecule has 1 amide bonds. The van der Waals surface area contributed by atoms with Gasteiger partial charge in [-0.15, -0.1) is 0 Å². The molecule has 0 saturated heterocycles. The third kappa shape index (κ3) is 5.48. The van der Waals surface area contributed by atoms with Crippen molar-refractivity contribution in [3.8, 4) is 5.75 Å². The molecule has 3 aromatic rings. The van der Waals surface area contributed by atoms with E-state index in [1.165, 1.54) is 0 Å². The summed E-state index contributed by atoms with van der Waals surface area (Å²) in [7, 11) is 8.08. The molecule has 0 aliphatic carbocycles. The first-order valence-corrected chi connectivity index (χ1v) is 9.76. The number of likely N-dealkylation sites (N-methyl/N-ethyl adjacent to an activating group) is 1. The predicted octanol–water partition coefficient (Wildman–Crippen LogP) is 3.70. The number of carbonyl (C=O) groups excluding carboxylic acids is 1. The summed E-state index contributed by atoms with van der Waals surface area (Å²) < 4.78 is 5.69. The van der Waals surface area contributed by atoms with E-state index < -0.39 is 0 Å². The zero-order chi connectivity index (χ0) is 20.8. The molecule has 3 aromatic carbocycles. The van der Waals surface area contributed by atoms with Gasteiger partial charge in [0.05, 0.1) is 6.04 Å². The molecule has 0 heterocycles. The van der Waals surface area contributed by atoms with Gasteiger partial charge in [0.1, 0.15) is 5.75 Å². The number of nitrogens with zero attached hydrogens (tertiary/aromatic N) is 2. The average Bonchev–Trinajstić information content (AvgIpc) is 2.72. The van der Waals surface area contributed by atoms with Gasteiger partial charge in [0.25, 0.3) is 5.91 Å². The molecule has 0 bridgehead atoms. The van der Waals surface area contributed by atoms with Crippen LogP contribution in [-0.4, -0.2) is 52.1 Å². The van der Waals surface area contributed by atoms with Crippen molar-refractivity contribution >= 4 is 22.4 Å². The molecule has 0 unspecified atom stereocenters. The van der Waals surface area contributed by atoms with Crippen molar-refractivity contribution in [3.63, 3.8) is 0 Å². The van der Waals surface area contributed by atoms with Crippen LogP contribution in [0.1, 0.15) is 11.6 Å². The Bertz CT molecular complexity index is 952. The minimum atomic E-state index is -0.130. The number of anilines is 1. The van der Waals surface area contributed by atoms with Crippen LogP contribution in [-0.2, 0) is 4.79 Å². The Labute approximate surface area is 172 Å². The van der Waals surface area contributed by atoms with E-state index in [0.29, 0.717) is 12.3 Å². The third-order valence-corrected chi connectivity index (χ3v) is 5.00. The van der Waals surface area contributed by atoms with Gasteiger partial charge in [0.2, 0.25) is 0 Å². The minimum Gasteiger partial charge on any atom is -0.484 e. The lowest BCUT2D eigenvalue weighted by atomic mass is 10.1. The number of rotatable bonds is 8. The molecule has 0 spiro atoms. The first-order valence-electron chi connectivity index (χ1n) is 9.76. The Balaban J connectivity index is 1.55. The molecule has 1 atom stereocenters. The standard InChI is InChI=1S/C24H29N3O2/c1-26(2)21-12-9-19(10-13-21)23(27(3)4)16-25-24(28)17-29-22-14-11-18-7-5-6-8-20(18)15-22/h5-15,23H,16-17H2,1-4H3,(H,25,28)/t23-/m0/s1. The molecular weight excluding hydrogens is 362 g/mol. The Morgan fingerprint density at radius 3 is 2.28 bits per heavy atom. The van der Waals surface area contributed by atoms with Crippen LogP contribution in [0, 0.1) is 0 Å². The highest BCUT2D eigenvalue weighted by atomic mass is 16.5. The predicted molar refractivity (Wildman–Crippen MR) is 120 cm³/mol. The normalized spacial score (nSPS) is 12.0. The highest BCUT2D eigenvalue weighted by Gasteiger charge is 2.16.